The van der Waals surface area contributed by atoms with Crippen LogP contribution in [0.1, 0.15) is 60.3 Å². The van der Waals surface area contributed by atoms with Gasteiger partial charge in [-0.25, -0.2) is 14.1 Å². The number of aromatic nitrogens is 3. The molecular formula is C28H39Cl2FN7O9P. The number of cyclic esters (lactones) is 1. The number of rotatable bonds is 11. The zero-order chi connectivity index (χ0) is 36.2. The minimum absolute atomic E-state index is 0.00962. The minimum atomic E-state index is -4.10. The number of imide groups is 1. The molecule has 0 radical (unpaired) electrons. The van der Waals surface area contributed by atoms with Crippen LogP contribution >= 0.6 is 30.8 Å². The van der Waals surface area contributed by atoms with Crippen LogP contribution in [0, 0.1) is 5.82 Å². The Bertz CT molecular complexity index is 1530. The number of carbonyl (C=O) groups is 3. The predicted molar refractivity (Wildman–Crippen MR) is 177 cm³/mol. The molecule has 16 nitrogen and oxygen atoms in total. The van der Waals surface area contributed by atoms with E-state index < -0.39 is 44.2 Å². The number of aliphatic carboxylic acids is 1. The predicted octanol–water partition coefficient (Wildman–Crippen LogP) is 5.15. The summed E-state index contributed by atoms with van der Waals surface area (Å²) in [6, 6.07) is 2.59. The monoisotopic (exact) mass is 737 g/mol. The summed E-state index contributed by atoms with van der Waals surface area (Å²) in [7, 11) is -4.10. The van der Waals surface area contributed by atoms with E-state index >= 15 is 0 Å². The molecule has 0 bridgehead atoms. The zero-order valence-corrected chi connectivity index (χ0v) is 29.3. The SMILES string of the molecule is CC(C)=C1OC(=O)N(c2cc(OC3CCCC3)c(Cl)cc2F)C1=O.CCNc1nc(Cl)nc(NC(C)C)n1.O=C(O)CNCP(=O)(O)O. The van der Waals surface area contributed by atoms with Crippen molar-refractivity contribution < 1.29 is 47.7 Å². The lowest BCUT2D eigenvalue weighted by Crippen LogP contribution is -2.29. The quantitative estimate of drug-likeness (QED) is 0.129. The van der Waals surface area contributed by atoms with Gasteiger partial charge in [0.05, 0.1) is 29.6 Å². The fraction of sp³-hybridized carbons (Fsp3) is 0.500. The maximum absolute atomic E-state index is 14.3. The van der Waals surface area contributed by atoms with E-state index in [2.05, 4.69) is 30.9 Å². The van der Waals surface area contributed by atoms with Crippen LogP contribution < -0.4 is 25.6 Å². The number of carboxylic acid groups (broad SMARTS) is 1. The summed E-state index contributed by atoms with van der Waals surface area (Å²) in [5.74, 6) is -1.48. The van der Waals surface area contributed by atoms with Crippen LogP contribution in [-0.4, -0.2) is 79.3 Å². The second kappa shape index (κ2) is 18.8. The van der Waals surface area contributed by atoms with Gasteiger partial charge in [0.1, 0.15) is 11.6 Å². The molecule has 1 aliphatic carbocycles. The fourth-order valence-electron chi connectivity index (χ4n) is 4.07. The van der Waals surface area contributed by atoms with Gasteiger partial charge < -0.3 is 35.0 Å². The summed E-state index contributed by atoms with van der Waals surface area (Å²) in [5, 5.41) is 16.4. The topological polar surface area (TPSA) is 225 Å². The highest BCUT2D eigenvalue weighted by Crippen LogP contribution is 2.37. The van der Waals surface area contributed by atoms with Crippen LogP contribution in [0.2, 0.25) is 10.3 Å². The van der Waals surface area contributed by atoms with Crippen molar-refractivity contribution in [3.8, 4) is 5.75 Å². The van der Waals surface area contributed by atoms with Crippen molar-refractivity contribution in [2.24, 2.45) is 0 Å². The summed E-state index contributed by atoms with van der Waals surface area (Å²) < 4.78 is 35.1. The van der Waals surface area contributed by atoms with Gasteiger partial charge in [-0.15, -0.1) is 0 Å². The molecule has 1 saturated heterocycles. The first-order valence-electron chi connectivity index (χ1n) is 14.7. The number of amides is 2. The Labute approximate surface area is 286 Å². The smallest absolute Gasteiger partial charge is 0.427 e. The highest BCUT2D eigenvalue weighted by molar-refractivity contribution is 7.51. The van der Waals surface area contributed by atoms with Crippen molar-refractivity contribution >= 4 is 66.4 Å². The number of carbonyl (C=O) groups excluding carboxylic acids is 2. The third kappa shape index (κ3) is 13.5. The van der Waals surface area contributed by atoms with Crippen LogP contribution in [0.25, 0.3) is 0 Å². The number of allylic oxidation sites excluding steroid dienone is 1. The fourth-order valence-corrected chi connectivity index (χ4v) is 4.83. The van der Waals surface area contributed by atoms with Crippen molar-refractivity contribution in [3.05, 3.63) is 39.6 Å². The number of nitrogens with one attached hydrogen (secondary N) is 3. The molecule has 266 valence electrons. The van der Waals surface area contributed by atoms with E-state index in [9.17, 15) is 23.3 Å². The number of nitrogens with zero attached hydrogens (tertiary/aromatic N) is 4. The largest absolute Gasteiger partial charge is 0.489 e. The average Bonchev–Trinajstić information content (AvgIpc) is 3.57. The van der Waals surface area contributed by atoms with E-state index in [1.54, 1.807) is 13.8 Å². The Morgan fingerprint density at radius 1 is 1.15 bits per heavy atom. The molecule has 1 aliphatic heterocycles. The van der Waals surface area contributed by atoms with Crippen LogP contribution in [-0.2, 0) is 18.9 Å². The van der Waals surface area contributed by atoms with E-state index in [4.69, 9.17) is 47.6 Å². The average molecular weight is 739 g/mol. The van der Waals surface area contributed by atoms with Crippen molar-refractivity contribution in [1.82, 2.24) is 20.3 Å². The standard InChI is InChI=1S/C17H17ClFNO4.C8H14ClN5.C3H8NO5P/c1-9(2)15-16(21)20(17(22)24-15)13-8-14(11(18)7-12(13)19)23-10-5-3-4-6-10;1-4-10-7-12-6(9)13-8(14-7)11-5(2)3;5-3(6)1-4-2-10(7,8)9/h7-8,10H,3-6H2,1-2H3;5H,4H2,1-3H3,(H2,10,11,12,13,14);4H,1-2H2,(H,5,6)(H2,7,8,9). The van der Waals surface area contributed by atoms with Crippen molar-refractivity contribution in [2.45, 2.75) is 72.4 Å². The molecule has 0 unspecified atom stereocenters. The van der Waals surface area contributed by atoms with Gasteiger partial charge in [0, 0.05) is 18.7 Å². The molecule has 0 atom stereocenters. The Hall–Kier alpha value is -3.60. The molecule has 2 aromatic rings. The maximum Gasteiger partial charge on any atom is 0.427 e. The van der Waals surface area contributed by atoms with Gasteiger partial charge in [-0.1, -0.05) is 11.6 Å². The first kappa shape index (κ1) is 40.6. The van der Waals surface area contributed by atoms with Crippen LogP contribution in [0.15, 0.2) is 23.5 Å². The lowest BCUT2D eigenvalue weighted by Gasteiger charge is -2.18. The molecule has 48 heavy (non-hydrogen) atoms. The molecule has 1 aromatic carbocycles. The summed E-state index contributed by atoms with van der Waals surface area (Å²) >= 11 is 11.8. The lowest BCUT2D eigenvalue weighted by atomic mass is 10.2. The first-order chi connectivity index (χ1) is 22.4. The van der Waals surface area contributed by atoms with Gasteiger partial charge in [0.2, 0.25) is 17.2 Å². The summed E-state index contributed by atoms with van der Waals surface area (Å²) in [4.78, 5) is 63.1. The third-order valence-electron chi connectivity index (χ3n) is 6.02. The van der Waals surface area contributed by atoms with Crippen LogP contribution in [0.4, 0.5) is 26.8 Å². The Kier molecular flexibility index (Phi) is 15.9. The number of hydrogen-bond donors (Lipinski definition) is 6. The Balaban J connectivity index is 0.000000283. The molecule has 4 rings (SSSR count). The van der Waals surface area contributed by atoms with Gasteiger partial charge in [0.15, 0.2) is 5.76 Å². The lowest BCUT2D eigenvalue weighted by molar-refractivity contribution is -0.135. The Morgan fingerprint density at radius 3 is 2.29 bits per heavy atom. The Morgan fingerprint density at radius 2 is 1.77 bits per heavy atom. The van der Waals surface area contributed by atoms with Crippen molar-refractivity contribution in [2.75, 3.05) is 34.9 Å². The normalized spacial score (nSPS) is 14.6. The van der Waals surface area contributed by atoms with Crippen molar-refractivity contribution in [3.63, 3.8) is 0 Å². The molecule has 2 amide bonds. The number of anilines is 3. The van der Waals surface area contributed by atoms with Crippen LogP contribution in [0.5, 0.6) is 5.75 Å². The van der Waals surface area contributed by atoms with Gasteiger partial charge in [-0.3, -0.25) is 19.5 Å². The number of hydrogen-bond acceptors (Lipinski definition) is 12. The highest BCUT2D eigenvalue weighted by atomic mass is 35.5. The van der Waals surface area contributed by atoms with E-state index in [-0.39, 0.29) is 39.6 Å². The van der Waals surface area contributed by atoms with Crippen molar-refractivity contribution in [1.29, 1.82) is 0 Å². The second-order valence-electron chi connectivity index (χ2n) is 10.8. The third-order valence-corrected chi connectivity index (χ3v) is 7.12. The molecule has 6 N–H and O–H groups in total. The summed E-state index contributed by atoms with van der Waals surface area (Å²) in [5.41, 5.74) is 0.311. The molecular weight excluding hydrogens is 699 g/mol. The number of halogens is 3. The molecule has 2 heterocycles. The molecule has 2 aliphatic rings. The van der Waals surface area contributed by atoms with E-state index in [0.717, 1.165) is 38.3 Å². The van der Waals surface area contributed by atoms with E-state index in [1.165, 1.54) is 6.07 Å². The summed E-state index contributed by atoms with van der Waals surface area (Å²) in [6.07, 6.45) is 2.40. The van der Waals surface area contributed by atoms with Crippen LogP contribution in [0.3, 0.4) is 0 Å². The number of benzene rings is 1. The molecule has 2 fully saturated rings. The van der Waals surface area contributed by atoms with Gasteiger partial charge >= 0.3 is 25.6 Å². The summed E-state index contributed by atoms with van der Waals surface area (Å²) in [6.45, 7) is 9.56. The van der Waals surface area contributed by atoms with Gasteiger partial charge in [-0.2, -0.15) is 15.0 Å². The number of ether oxygens (including phenoxy) is 2. The molecule has 1 saturated carbocycles. The second-order valence-corrected chi connectivity index (χ2v) is 13.2. The molecule has 0 spiro atoms. The highest BCUT2D eigenvalue weighted by Gasteiger charge is 2.40. The van der Waals surface area contributed by atoms with Gasteiger partial charge in [-0.05, 0) is 83.5 Å². The van der Waals surface area contributed by atoms with E-state index in [1.807, 2.05) is 20.8 Å². The number of carboxylic acids is 1. The maximum atomic E-state index is 14.3. The van der Waals surface area contributed by atoms with Gasteiger partial charge in [0.25, 0.3) is 0 Å². The first-order valence-corrected chi connectivity index (χ1v) is 17.3. The molecule has 20 heteroatoms. The molecule has 1 aromatic heterocycles. The minimum Gasteiger partial charge on any atom is -0.489 e. The van der Waals surface area contributed by atoms with E-state index in [0.29, 0.717) is 22.4 Å². The zero-order valence-electron chi connectivity index (χ0n) is 26.9.